The zero-order valence-electron chi connectivity index (χ0n) is 21.0. The molecule has 0 bridgehead atoms. The minimum atomic E-state index is -5.02. The van der Waals surface area contributed by atoms with E-state index >= 15 is 0 Å². The van der Waals surface area contributed by atoms with E-state index in [0.717, 1.165) is 48.7 Å². The second-order valence-corrected chi connectivity index (χ2v) is 9.36. The van der Waals surface area contributed by atoms with Crippen molar-refractivity contribution < 1.29 is 44.7 Å². The van der Waals surface area contributed by atoms with Crippen LogP contribution in [0, 0.1) is 23.3 Å². The Bertz CT molecular complexity index is 1590. The summed E-state index contributed by atoms with van der Waals surface area (Å²) in [6, 6.07) is 10.8. The van der Waals surface area contributed by atoms with Crippen molar-refractivity contribution in [1.82, 2.24) is 10.3 Å². The highest BCUT2D eigenvalue weighted by molar-refractivity contribution is 6.30. The molecule has 2 N–H and O–H groups in total. The summed E-state index contributed by atoms with van der Waals surface area (Å²) < 4.78 is 114. The monoisotopic (exact) mass is 615 g/mol. The number of carbonyl (C=O) groups excluding carboxylic acids is 1. The molecule has 0 aliphatic rings. The topological polar surface area (TPSA) is 63.2 Å². The Labute approximate surface area is 238 Å². The number of pyridine rings is 1. The van der Waals surface area contributed by atoms with Crippen LogP contribution in [0.4, 0.5) is 45.6 Å². The zero-order chi connectivity index (χ0) is 30.7. The highest BCUT2D eigenvalue weighted by atomic mass is 35.5. The molecule has 0 radical (unpaired) electrons. The number of amides is 2. The number of ether oxygens (including phenoxy) is 1. The molecule has 1 aromatic heterocycles. The van der Waals surface area contributed by atoms with Gasteiger partial charge >= 0.3 is 18.6 Å². The third-order valence-electron chi connectivity index (χ3n) is 5.90. The average Bonchev–Trinajstić information content (AvgIpc) is 2.90. The smallest absolute Gasteiger partial charge is 0.428 e. The van der Waals surface area contributed by atoms with E-state index in [9.17, 15) is 39.9 Å². The van der Waals surface area contributed by atoms with Gasteiger partial charge in [-0.3, -0.25) is 4.98 Å². The molecular formula is C28H18ClF8N3O2. The molecule has 220 valence electrons. The third-order valence-corrected chi connectivity index (χ3v) is 6.12. The molecule has 0 fully saturated rings. The number of carbonyl (C=O) groups is 1. The number of alkyl halides is 4. The van der Waals surface area contributed by atoms with E-state index in [1.807, 2.05) is 0 Å². The molecule has 1 atom stereocenters. The van der Waals surface area contributed by atoms with E-state index in [-0.39, 0.29) is 27.5 Å². The Morgan fingerprint density at radius 3 is 2.31 bits per heavy atom. The highest BCUT2D eigenvalue weighted by Crippen LogP contribution is 2.37. The van der Waals surface area contributed by atoms with E-state index in [0.29, 0.717) is 6.07 Å². The molecule has 3 aromatic carbocycles. The van der Waals surface area contributed by atoms with Crippen molar-refractivity contribution in [2.45, 2.75) is 24.5 Å². The maximum atomic E-state index is 14.9. The number of anilines is 1. The van der Waals surface area contributed by atoms with Gasteiger partial charge in [-0.1, -0.05) is 23.7 Å². The number of halogens is 9. The first kappa shape index (κ1) is 30.6. The number of benzene rings is 3. The molecule has 42 heavy (non-hydrogen) atoms. The van der Waals surface area contributed by atoms with Gasteiger partial charge in [0, 0.05) is 24.4 Å². The number of nitrogens with one attached hydrogen (secondary N) is 2. The molecule has 4 aromatic rings. The van der Waals surface area contributed by atoms with Gasteiger partial charge in [-0.2, -0.15) is 17.6 Å². The van der Waals surface area contributed by atoms with Crippen LogP contribution in [0.5, 0.6) is 5.75 Å². The summed E-state index contributed by atoms with van der Waals surface area (Å²) in [5.74, 6) is -5.49. The minimum absolute atomic E-state index is 0.00125. The summed E-state index contributed by atoms with van der Waals surface area (Å²) in [7, 11) is 0. The average molecular weight is 616 g/mol. The lowest BCUT2D eigenvalue weighted by molar-refractivity contribution is -0.253. The van der Waals surface area contributed by atoms with Crippen LogP contribution in [0.15, 0.2) is 79.0 Å². The van der Waals surface area contributed by atoms with Gasteiger partial charge in [0.05, 0.1) is 10.7 Å². The van der Waals surface area contributed by atoms with Crippen molar-refractivity contribution in [3.63, 3.8) is 0 Å². The number of nitrogens with zero attached hydrogens (tertiary/aromatic N) is 1. The first-order valence-electron chi connectivity index (χ1n) is 11.8. The summed E-state index contributed by atoms with van der Waals surface area (Å²) in [5, 5.41) is 4.99. The van der Waals surface area contributed by atoms with Crippen LogP contribution >= 0.6 is 11.6 Å². The fourth-order valence-electron chi connectivity index (χ4n) is 4.10. The van der Waals surface area contributed by atoms with Crippen molar-refractivity contribution in [3.05, 3.63) is 124 Å². The maximum Gasteiger partial charge on any atom is 0.461 e. The van der Waals surface area contributed by atoms with E-state index in [2.05, 4.69) is 20.4 Å². The van der Waals surface area contributed by atoms with Crippen molar-refractivity contribution in [1.29, 1.82) is 0 Å². The van der Waals surface area contributed by atoms with Crippen LogP contribution in [-0.2, 0) is 12.0 Å². The van der Waals surface area contributed by atoms with E-state index in [4.69, 9.17) is 11.6 Å². The van der Waals surface area contributed by atoms with E-state index < -0.39 is 59.5 Å². The van der Waals surface area contributed by atoms with Crippen LogP contribution in [-0.4, -0.2) is 23.5 Å². The molecule has 1 unspecified atom stereocenters. The van der Waals surface area contributed by atoms with Crippen molar-refractivity contribution in [2.75, 3.05) is 5.32 Å². The van der Waals surface area contributed by atoms with Crippen LogP contribution in [0.25, 0.3) is 0 Å². The molecule has 0 aliphatic carbocycles. The normalized spacial score (nSPS) is 13.0. The Morgan fingerprint density at radius 2 is 1.67 bits per heavy atom. The van der Waals surface area contributed by atoms with Crippen LogP contribution in [0.2, 0.25) is 5.02 Å². The molecule has 4 rings (SSSR count). The van der Waals surface area contributed by atoms with Crippen LogP contribution < -0.4 is 15.4 Å². The number of rotatable bonds is 9. The van der Waals surface area contributed by atoms with Gasteiger partial charge in [0.15, 0.2) is 11.6 Å². The van der Waals surface area contributed by atoms with Crippen molar-refractivity contribution in [2.24, 2.45) is 0 Å². The number of hydrogen-bond acceptors (Lipinski definition) is 3. The molecule has 0 saturated carbocycles. The number of aromatic nitrogens is 1. The van der Waals surface area contributed by atoms with Gasteiger partial charge in [0.25, 0.3) is 0 Å². The fourth-order valence-corrected chi connectivity index (χ4v) is 4.21. The Kier molecular flexibility index (Phi) is 8.90. The summed E-state index contributed by atoms with van der Waals surface area (Å²) in [6.07, 6.45) is -8.69. The molecule has 1 heterocycles. The second kappa shape index (κ2) is 12.2. The van der Waals surface area contributed by atoms with Gasteiger partial charge in [-0.05, 0) is 65.7 Å². The molecular weight excluding hydrogens is 598 g/mol. The van der Waals surface area contributed by atoms with E-state index in [1.165, 1.54) is 24.3 Å². The largest absolute Gasteiger partial charge is 0.461 e. The van der Waals surface area contributed by atoms with Crippen LogP contribution in [0.1, 0.15) is 16.8 Å². The van der Waals surface area contributed by atoms with Gasteiger partial charge in [-0.25, -0.2) is 22.4 Å². The lowest BCUT2D eigenvalue weighted by Crippen LogP contribution is -2.50. The molecule has 0 aliphatic heterocycles. The fraction of sp³-hybridized carbons (Fsp3) is 0.143. The van der Waals surface area contributed by atoms with Crippen molar-refractivity contribution in [3.8, 4) is 5.75 Å². The molecule has 2 amide bonds. The molecule has 14 heteroatoms. The summed E-state index contributed by atoms with van der Waals surface area (Å²) in [4.78, 5) is 17.4. The Hall–Kier alpha value is -4.39. The van der Waals surface area contributed by atoms with Gasteiger partial charge in [-0.15, -0.1) is 0 Å². The Balaban J connectivity index is 1.92. The predicted octanol–water partition coefficient (Wildman–Crippen LogP) is 7.84. The minimum Gasteiger partial charge on any atom is -0.428 e. The standard InChI is InChI=1S/C28H18ClF8N3O2/c29-17-5-7-24(38-14-17)27(13-15-4-6-22(32)23(33)8-15,40-26(41)39-20-3-1-2-18(30)11-20)16-9-19(31)12-21(10-16)42-28(36,37)25(34)35/h1-12,14,25H,13H2,(H2,39,40,41). The predicted molar refractivity (Wildman–Crippen MR) is 137 cm³/mol. The lowest BCUT2D eigenvalue weighted by atomic mass is 9.80. The first-order chi connectivity index (χ1) is 19.8. The second-order valence-electron chi connectivity index (χ2n) is 8.92. The molecule has 0 spiro atoms. The summed E-state index contributed by atoms with van der Waals surface area (Å²) in [6.45, 7) is 0. The SMILES string of the molecule is O=C(Nc1cccc(F)c1)NC(Cc1ccc(F)c(F)c1)(c1cc(F)cc(OC(F)(F)C(F)F)c1)c1ccc(Cl)cn1. The first-order valence-corrected chi connectivity index (χ1v) is 12.2. The van der Waals surface area contributed by atoms with E-state index in [1.54, 1.807) is 0 Å². The summed E-state index contributed by atoms with van der Waals surface area (Å²) >= 11 is 5.96. The van der Waals surface area contributed by atoms with Crippen LogP contribution in [0.3, 0.4) is 0 Å². The lowest BCUT2D eigenvalue weighted by Gasteiger charge is -2.36. The molecule has 5 nitrogen and oxygen atoms in total. The number of hydrogen-bond donors (Lipinski definition) is 2. The van der Waals surface area contributed by atoms with Crippen molar-refractivity contribution >= 4 is 23.3 Å². The summed E-state index contributed by atoms with van der Waals surface area (Å²) in [5.41, 5.74) is -2.63. The maximum absolute atomic E-state index is 14.9. The van der Waals surface area contributed by atoms with Gasteiger partial charge in [0.1, 0.15) is 22.9 Å². The number of urea groups is 1. The van der Waals surface area contributed by atoms with Gasteiger partial charge < -0.3 is 15.4 Å². The Morgan fingerprint density at radius 1 is 0.905 bits per heavy atom. The highest BCUT2D eigenvalue weighted by Gasteiger charge is 2.45. The zero-order valence-corrected chi connectivity index (χ0v) is 21.7. The van der Waals surface area contributed by atoms with Gasteiger partial charge in [0.2, 0.25) is 0 Å². The molecule has 0 saturated heterocycles. The quantitative estimate of drug-likeness (QED) is 0.189. The third kappa shape index (κ3) is 7.08.